The smallest absolute Gasteiger partial charge is 0.338 e. The largest absolute Gasteiger partial charge is 0.486 e. The van der Waals surface area contributed by atoms with E-state index in [1.165, 1.54) is 6.92 Å². The maximum absolute atomic E-state index is 12.6. The molecule has 0 saturated heterocycles. The molecule has 0 fully saturated rings. The summed E-state index contributed by atoms with van der Waals surface area (Å²) in [5.41, 5.74) is 0.725. The summed E-state index contributed by atoms with van der Waals surface area (Å²) in [4.78, 5) is 37.1. The average molecular weight is 411 g/mol. The molecule has 0 aromatic heterocycles. The van der Waals surface area contributed by atoms with Gasteiger partial charge in [-0.15, -0.1) is 0 Å². The third kappa shape index (κ3) is 4.97. The first-order valence-corrected chi connectivity index (χ1v) is 9.71. The van der Waals surface area contributed by atoms with Crippen LogP contribution in [0.15, 0.2) is 42.5 Å². The average Bonchev–Trinajstić information content (AvgIpc) is 2.72. The Hall–Kier alpha value is -3.35. The van der Waals surface area contributed by atoms with Gasteiger partial charge in [0.15, 0.2) is 17.6 Å². The van der Waals surface area contributed by atoms with Gasteiger partial charge >= 0.3 is 5.97 Å². The number of carbonyl (C=O) groups is 3. The van der Waals surface area contributed by atoms with Gasteiger partial charge in [0.2, 0.25) is 11.7 Å². The zero-order valence-electron chi connectivity index (χ0n) is 17.5. The summed E-state index contributed by atoms with van der Waals surface area (Å²) in [6, 6.07) is 11.2. The molecular formula is C23H25NO6. The highest BCUT2D eigenvalue weighted by Gasteiger charge is 2.23. The van der Waals surface area contributed by atoms with Crippen LogP contribution in [0.4, 0.5) is 5.69 Å². The number of ether oxygens (including phenoxy) is 3. The minimum atomic E-state index is -0.972. The van der Waals surface area contributed by atoms with E-state index < -0.39 is 17.5 Å². The van der Waals surface area contributed by atoms with Gasteiger partial charge in [-0.05, 0) is 49.4 Å². The topological polar surface area (TPSA) is 90.9 Å². The lowest BCUT2D eigenvalue weighted by Gasteiger charge is -2.19. The number of fused-ring (bicyclic) bond motifs is 1. The number of nitrogens with one attached hydrogen (secondary N) is 1. The molecule has 1 amide bonds. The predicted molar refractivity (Wildman–Crippen MR) is 111 cm³/mol. The second-order valence-corrected chi connectivity index (χ2v) is 8.05. The number of Topliss-reactive ketones (excluding diaryl/α,β-unsaturated/α-hetero) is 1. The van der Waals surface area contributed by atoms with Crippen molar-refractivity contribution in [1.82, 2.24) is 0 Å². The predicted octanol–water partition coefficient (Wildman–Crippen LogP) is 3.87. The molecule has 0 unspecified atom stereocenters. The SMILES string of the molecule is C[C@@H](OC(=O)c1ccc2c(c1)OCCO2)C(=O)c1ccc(NC(=O)C(C)(C)C)cc1. The Morgan fingerprint density at radius 3 is 2.17 bits per heavy atom. The molecule has 0 aliphatic carbocycles. The Morgan fingerprint density at radius 2 is 1.53 bits per heavy atom. The Balaban J connectivity index is 1.62. The lowest BCUT2D eigenvalue weighted by molar-refractivity contribution is -0.123. The molecule has 7 nitrogen and oxygen atoms in total. The number of hydrogen-bond donors (Lipinski definition) is 1. The highest BCUT2D eigenvalue weighted by molar-refractivity contribution is 6.02. The number of anilines is 1. The Labute approximate surface area is 175 Å². The molecule has 3 rings (SSSR count). The van der Waals surface area contributed by atoms with Crippen LogP contribution in [0, 0.1) is 5.41 Å². The molecule has 0 saturated carbocycles. The summed E-state index contributed by atoms with van der Waals surface area (Å²) >= 11 is 0. The first-order valence-electron chi connectivity index (χ1n) is 9.71. The molecule has 0 bridgehead atoms. The number of esters is 1. The van der Waals surface area contributed by atoms with E-state index in [0.717, 1.165) is 0 Å². The summed E-state index contributed by atoms with van der Waals surface area (Å²) in [5.74, 6) is -0.0390. The van der Waals surface area contributed by atoms with Gasteiger partial charge in [0.25, 0.3) is 0 Å². The molecule has 7 heteroatoms. The van der Waals surface area contributed by atoms with Gasteiger partial charge in [-0.25, -0.2) is 4.79 Å². The van der Waals surface area contributed by atoms with Gasteiger partial charge in [0.1, 0.15) is 13.2 Å². The minimum absolute atomic E-state index is 0.122. The summed E-state index contributed by atoms with van der Waals surface area (Å²) in [5, 5.41) is 2.80. The van der Waals surface area contributed by atoms with Gasteiger partial charge in [0, 0.05) is 16.7 Å². The molecule has 30 heavy (non-hydrogen) atoms. The zero-order valence-corrected chi connectivity index (χ0v) is 17.5. The Bertz CT molecular complexity index is 959. The van der Waals surface area contributed by atoms with Crippen molar-refractivity contribution < 1.29 is 28.6 Å². The lowest BCUT2D eigenvalue weighted by Crippen LogP contribution is -2.27. The number of carbonyl (C=O) groups excluding carboxylic acids is 3. The van der Waals surface area contributed by atoms with E-state index in [-0.39, 0.29) is 17.3 Å². The number of ketones is 1. The van der Waals surface area contributed by atoms with Crippen LogP contribution in [0.2, 0.25) is 0 Å². The molecule has 2 aromatic rings. The van der Waals surface area contributed by atoms with Gasteiger partial charge in [0.05, 0.1) is 5.56 Å². The quantitative estimate of drug-likeness (QED) is 0.593. The molecule has 1 heterocycles. The van der Waals surface area contributed by atoms with Gasteiger partial charge in [-0.1, -0.05) is 20.8 Å². The standard InChI is InChI=1S/C23H25NO6/c1-14(30-21(26)16-7-10-18-19(13-16)29-12-11-28-18)20(25)15-5-8-17(9-6-15)24-22(27)23(2,3)4/h5-10,13-14H,11-12H2,1-4H3,(H,24,27)/t14-/m1/s1. The van der Waals surface area contributed by atoms with Crippen molar-refractivity contribution >= 4 is 23.3 Å². The summed E-state index contributed by atoms with van der Waals surface area (Å²) in [7, 11) is 0. The maximum Gasteiger partial charge on any atom is 0.338 e. The number of rotatable bonds is 5. The van der Waals surface area contributed by atoms with E-state index >= 15 is 0 Å². The van der Waals surface area contributed by atoms with Crippen LogP contribution in [0.5, 0.6) is 11.5 Å². The molecule has 2 aromatic carbocycles. The van der Waals surface area contributed by atoms with Crippen molar-refractivity contribution in [2.45, 2.75) is 33.8 Å². The minimum Gasteiger partial charge on any atom is -0.486 e. The van der Waals surface area contributed by atoms with Crippen molar-refractivity contribution in [2.75, 3.05) is 18.5 Å². The van der Waals surface area contributed by atoms with Gasteiger partial charge in [-0.3, -0.25) is 9.59 Å². The van der Waals surface area contributed by atoms with Gasteiger partial charge < -0.3 is 19.5 Å². The molecule has 1 N–H and O–H groups in total. The molecule has 1 aliphatic rings. The maximum atomic E-state index is 12.6. The number of amides is 1. The van der Waals surface area contributed by atoms with Gasteiger partial charge in [-0.2, -0.15) is 0 Å². The first-order chi connectivity index (χ1) is 14.1. The molecular weight excluding hydrogens is 386 g/mol. The van der Waals surface area contributed by atoms with Crippen molar-refractivity contribution in [3.63, 3.8) is 0 Å². The van der Waals surface area contributed by atoms with Crippen LogP contribution >= 0.6 is 0 Å². The fourth-order valence-electron chi connectivity index (χ4n) is 2.72. The molecule has 1 aliphatic heterocycles. The normalized spacial score (nSPS) is 13.9. The van der Waals surface area contributed by atoms with E-state index in [1.54, 1.807) is 42.5 Å². The van der Waals surface area contributed by atoms with Crippen LogP contribution in [0.3, 0.4) is 0 Å². The fourth-order valence-corrected chi connectivity index (χ4v) is 2.72. The van der Waals surface area contributed by atoms with Crippen molar-refractivity contribution in [3.8, 4) is 11.5 Å². The third-order valence-electron chi connectivity index (χ3n) is 4.54. The van der Waals surface area contributed by atoms with E-state index in [1.807, 2.05) is 20.8 Å². The lowest BCUT2D eigenvalue weighted by atomic mass is 9.95. The molecule has 158 valence electrons. The monoisotopic (exact) mass is 411 g/mol. The Kier molecular flexibility index (Phi) is 6.10. The molecule has 1 atom stereocenters. The highest BCUT2D eigenvalue weighted by atomic mass is 16.6. The van der Waals surface area contributed by atoms with Crippen molar-refractivity contribution in [3.05, 3.63) is 53.6 Å². The van der Waals surface area contributed by atoms with Crippen molar-refractivity contribution in [2.24, 2.45) is 5.41 Å². The Morgan fingerprint density at radius 1 is 0.933 bits per heavy atom. The van der Waals surface area contributed by atoms with Crippen LogP contribution in [-0.4, -0.2) is 37.0 Å². The van der Waals surface area contributed by atoms with E-state index in [2.05, 4.69) is 5.32 Å². The summed E-state index contributed by atoms with van der Waals surface area (Å²) in [6.45, 7) is 7.84. The van der Waals surface area contributed by atoms with E-state index in [0.29, 0.717) is 36.0 Å². The number of hydrogen-bond acceptors (Lipinski definition) is 6. The zero-order chi connectivity index (χ0) is 21.9. The van der Waals surface area contributed by atoms with Crippen LogP contribution in [0.25, 0.3) is 0 Å². The second-order valence-electron chi connectivity index (χ2n) is 8.05. The molecule has 0 spiro atoms. The van der Waals surface area contributed by atoms with Crippen LogP contribution in [0.1, 0.15) is 48.4 Å². The summed E-state index contributed by atoms with van der Waals surface area (Å²) < 4.78 is 16.2. The van der Waals surface area contributed by atoms with Crippen LogP contribution < -0.4 is 14.8 Å². The molecule has 0 radical (unpaired) electrons. The van der Waals surface area contributed by atoms with E-state index in [9.17, 15) is 14.4 Å². The van der Waals surface area contributed by atoms with Crippen LogP contribution in [-0.2, 0) is 9.53 Å². The fraction of sp³-hybridized carbons (Fsp3) is 0.348. The summed E-state index contributed by atoms with van der Waals surface area (Å²) in [6.07, 6.45) is -0.972. The highest BCUT2D eigenvalue weighted by Crippen LogP contribution is 2.31. The first kappa shape index (κ1) is 21.4. The third-order valence-corrected chi connectivity index (χ3v) is 4.54. The van der Waals surface area contributed by atoms with E-state index in [4.69, 9.17) is 14.2 Å². The number of benzene rings is 2. The van der Waals surface area contributed by atoms with Crippen molar-refractivity contribution in [1.29, 1.82) is 0 Å². The second kappa shape index (κ2) is 8.57.